The number of para-hydroxylation sites is 4. The number of benzene rings is 8. The maximum atomic E-state index is 13.4. The van der Waals surface area contributed by atoms with Crippen molar-refractivity contribution in [2.75, 3.05) is 18.5 Å². The van der Waals surface area contributed by atoms with Crippen molar-refractivity contribution >= 4 is 149 Å². The smallest absolute Gasteiger partial charge is 0.871 e. The van der Waals surface area contributed by atoms with Gasteiger partial charge in [0.25, 0.3) is 26.1 Å². The number of fused-ring (bicyclic) bond motifs is 2. The summed E-state index contributed by atoms with van der Waals surface area (Å²) in [6, 6.07) is 35.4. The second kappa shape index (κ2) is 24.7. The van der Waals surface area contributed by atoms with E-state index in [4.69, 9.17) is 32.7 Å². The van der Waals surface area contributed by atoms with Gasteiger partial charge in [0.1, 0.15) is 44.0 Å². The number of rotatable bonds is 14. The van der Waals surface area contributed by atoms with E-state index >= 15 is 0 Å². The molecular formula is C52H42CaCl2N6O12S2. The van der Waals surface area contributed by atoms with Crippen molar-refractivity contribution in [1.29, 1.82) is 0 Å². The minimum absolute atomic E-state index is 0. The van der Waals surface area contributed by atoms with E-state index in [-0.39, 0.29) is 87.3 Å². The molecule has 0 atom stereocenters. The summed E-state index contributed by atoms with van der Waals surface area (Å²) >= 11 is 12.4. The van der Waals surface area contributed by atoms with Gasteiger partial charge in [-0.05, 0) is 110 Å². The Kier molecular flexibility index (Phi) is 19.0. The van der Waals surface area contributed by atoms with Crippen molar-refractivity contribution in [3.63, 3.8) is 0 Å². The van der Waals surface area contributed by atoms with E-state index in [9.17, 15) is 46.1 Å². The molecule has 0 aliphatic carbocycles. The normalized spacial score (nSPS) is 11.9. The van der Waals surface area contributed by atoms with Crippen LogP contribution in [0.15, 0.2) is 169 Å². The molecule has 23 heteroatoms. The third kappa shape index (κ3) is 13.2. The standard InChI is InChI=1S/2C26H22ClN3O6S.Ca/c2*1-3-36-20-11-7-6-10-19(20)28-26(32)18-14-16-8-4-5-9-17(16)24(25(18)31)30-29-23-15(2)12-13-21(22(23)27)37(33,34)35;/h2*4-14,31H,3H2,1-2H3,(H,28,32)(H,33,34,35);/q;;+2/p-2. The summed E-state index contributed by atoms with van der Waals surface area (Å²) in [6.07, 6.45) is 0. The van der Waals surface area contributed by atoms with Crippen molar-refractivity contribution in [2.45, 2.75) is 37.5 Å². The van der Waals surface area contributed by atoms with Gasteiger partial charge in [0.05, 0.1) is 40.2 Å². The first kappa shape index (κ1) is 57.6. The Labute approximate surface area is 470 Å². The average Bonchev–Trinajstić information content (AvgIpc) is 3.35. The summed E-state index contributed by atoms with van der Waals surface area (Å²) in [4.78, 5) is 16.2. The number of phenols is 1. The van der Waals surface area contributed by atoms with Gasteiger partial charge in [-0.2, -0.15) is 21.9 Å². The molecule has 0 unspecified atom stereocenters. The fourth-order valence-electron chi connectivity index (χ4n) is 7.33. The number of azo groups is 2. The molecule has 380 valence electrons. The van der Waals surface area contributed by atoms with Gasteiger partial charge in [-0.1, -0.05) is 114 Å². The second-order valence-corrected chi connectivity index (χ2v) is 19.3. The first-order chi connectivity index (χ1) is 35.2. The van der Waals surface area contributed by atoms with Crippen LogP contribution in [0.4, 0.5) is 34.1 Å². The number of aryl methyl sites for hydroxylation is 2. The van der Waals surface area contributed by atoms with Crippen LogP contribution in [0.5, 0.6) is 23.0 Å². The van der Waals surface area contributed by atoms with Crippen molar-refractivity contribution in [3.05, 3.63) is 166 Å². The topological polar surface area (TPSA) is 284 Å². The minimum Gasteiger partial charge on any atom is -0.871 e. The van der Waals surface area contributed by atoms with Gasteiger partial charge >= 0.3 is 37.7 Å². The summed E-state index contributed by atoms with van der Waals surface area (Å²) in [5.74, 6) is -1.67. The van der Waals surface area contributed by atoms with Gasteiger partial charge < -0.3 is 30.1 Å². The zero-order valence-electron chi connectivity index (χ0n) is 40.1. The minimum atomic E-state index is -4.62. The molecule has 0 saturated heterocycles. The number of hydrogen-bond acceptors (Lipinski definition) is 15. The maximum absolute atomic E-state index is 13.4. The number of aromatic hydroxyl groups is 1. The zero-order valence-corrected chi connectivity index (χ0v) is 45.5. The van der Waals surface area contributed by atoms with E-state index in [1.807, 2.05) is 6.92 Å². The number of carbonyl (C=O) groups excluding carboxylic acids is 1. The Balaban J connectivity index is 0.000000241. The van der Waals surface area contributed by atoms with Crippen LogP contribution >= 0.6 is 23.2 Å². The Hall–Kier alpha value is -6.72. The SMILES string of the molecule is CCOc1ccccc1N=C([O-])c1cc2ccccc2c(N=Nc2c(C)ccc(S(=O)(=O)O)c2Cl)c1[O-].CCOc1ccccc1NC(=O)c1cc2ccccc2c(N=Nc2c(C)ccc(S(=O)(=O)O)c2Cl)c1O.[Ca+2]. The predicted octanol–water partition coefficient (Wildman–Crippen LogP) is 11.8. The third-order valence-corrected chi connectivity index (χ3v) is 13.7. The van der Waals surface area contributed by atoms with E-state index in [1.54, 1.807) is 118 Å². The average molecular weight is 1120 g/mol. The Morgan fingerprint density at radius 3 is 1.60 bits per heavy atom. The number of nitrogens with zero attached hydrogens (tertiary/aromatic N) is 5. The van der Waals surface area contributed by atoms with Gasteiger partial charge in [-0.3, -0.25) is 18.9 Å². The molecule has 0 aliphatic rings. The van der Waals surface area contributed by atoms with Crippen LogP contribution in [0.2, 0.25) is 10.0 Å². The molecule has 0 saturated carbocycles. The Morgan fingerprint density at radius 2 is 1.05 bits per heavy atom. The molecule has 0 heterocycles. The molecule has 8 rings (SSSR count). The molecule has 0 bridgehead atoms. The van der Waals surface area contributed by atoms with Crippen LogP contribution in [-0.4, -0.2) is 93.8 Å². The monoisotopic (exact) mass is 1120 g/mol. The number of amides is 1. The van der Waals surface area contributed by atoms with Crippen molar-refractivity contribution in [2.24, 2.45) is 25.4 Å². The van der Waals surface area contributed by atoms with Crippen LogP contribution in [0.1, 0.15) is 40.9 Å². The molecular weight excluding hydrogens is 1080 g/mol. The van der Waals surface area contributed by atoms with Gasteiger partial charge in [0.2, 0.25) is 0 Å². The maximum Gasteiger partial charge on any atom is 2.00 e. The predicted molar refractivity (Wildman–Crippen MR) is 284 cm³/mol. The van der Waals surface area contributed by atoms with Crippen LogP contribution in [0, 0.1) is 13.8 Å². The number of hydrogen-bond donors (Lipinski definition) is 4. The Morgan fingerprint density at radius 1 is 0.613 bits per heavy atom. The molecule has 0 aliphatic heterocycles. The van der Waals surface area contributed by atoms with Crippen molar-refractivity contribution in [1.82, 2.24) is 0 Å². The molecule has 18 nitrogen and oxygen atoms in total. The Bertz CT molecular complexity index is 3830. The zero-order chi connectivity index (χ0) is 53.5. The van der Waals surface area contributed by atoms with E-state index in [0.717, 1.165) is 12.1 Å². The van der Waals surface area contributed by atoms with Gasteiger partial charge in [-0.25, -0.2) is 0 Å². The number of nitrogens with one attached hydrogen (secondary N) is 1. The van der Waals surface area contributed by atoms with Gasteiger partial charge in [0.15, 0.2) is 5.75 Å². The number of halogens is 2. The van der Waals surface area contributed by atoms with Gasteiger partial charge in [0, 0.05) is 10.8 Å². The molecule has 75 heavy (non-hydrogen) atoms. The van der Waals surface area contributed by atoms with Crippen LogP contribution in [0.25, 0.3) is 21.5 Å². The molecule has 0 fully saturated rings. The summed E-state index contributed by atoms with van der Waals surface area (Å²) in [5.41, 5.74) is 1.11. The van der Waals surface area contributed by atoms with Crippen molar-refractivity contribution in [3.8, 4) is 23.0 Å². The molecule has 0 radical (unpaired) electrons. The molecule has 0 spiro atoms. The summed E-state index contributed by atoms with van der Waals surface area (Å²) in [5, 5.41) is 58.1. The van der Waals surface area contributed by atoms with E-state index in [0.29, 0.717) is 63.1 Å². The third-order valence-electron chi connectivity index (χ3n) is 10.9. The van der Waals surface area contributed by atoms with Crippen LogP contribution < -0.4 is 25.0 Å². The van der Waals surface area contributed by atoms with Crippen molar-refractivity contribution < 1.29 is 55.5 Å². The number of phenolic OH excluding ortho intramolecular Hbond substituents is 1. The molecule has 8 aromatic rings. The summed E-state index contributed by atoms with van der Waals surface area (Å²) in [7, 11) is -9.22. The molecule has 1 amide bonds. The first-order valence-corrected chi connectivity index (χ1v) is 25.7. The summed E-state index contributed by atoms with van der Waals surface area (Å²) in [6.45, 7) is 7.64. The number of ether oxygens (including phenoxy) is 2. The molecule has 4 N–H and O–H groups in total. The fourth-order valence-corrected chi connectivity index (χ4v) is 9.54. The number of aliphatic imine (C=N–C) groups is 1. The van der Waals surface area contributed by atoms with Gasteiger partial charge in [-0.15, -0.1) is 15.3 Å². The van der Waals surface area contributed by atoms with Crippen LogP contribution in [-0.2, 0) is 20.2 Å². The number of anilines is 1. The molecule has 0 aromatic heterocycles. The van der Waals surface area contributed by atoms with E-state index < -0.39 is 53.3 Å². The van der Waals surface area contributed by atoms with E-state index in [2.05, 4.69) is 30.8 Å². The molecule has 8 aromatic carbocycles. The van der Waals surface area contributed by atoms with E-state index in [1.165, 1.54) is 24.3 Å². The number of carbonyl (C=O) groups is 1. The first-order valence-electron chi connectivity index (χ1n) is 22.1. The quantitative estimate of drug-likeness (QED) is 0.0260. The second-order valence-electron chi connectivity index (χ2n) is 15.8. The summed E-state index contributed by atoms with van der Waals surface area (Å²) < 4.78 is 76.6. The van der Waals surface area contributed by atoms with Crippen LogP contribution in [0.3, 0.4) is 0 Å². The fraction of sp³-hybridized carbons (Fsp3) is 0.115. The largest absolute Gasteiger partial charge is 2.00 e.